The predicted molar refractivity (Wildman–Crippen MR) is 104 cm³/mol. The minimum atomic E-state index is -0.209. The maximum Gasteiger partial charge on any atom is 0.251 e. The fraction of sp³-hybridized carbons (Fsp3) is 0.273. The molecule has 26 heavy (non-hydrogen) atoms. The van der Waals surface area contributed by atoms with Crippen LogP contribution in [0.1, 0.15) is 33.5 Å². The minimum Gasteiger partial charge on any atom is -0.343 e. The van der Waals surface area contributed by atoms with E-state index in [4.69, 9.17) is 0 Å². The lowest BCUT2D eigenvalue weighted by Gasteiger charge is -2.26. The molecule has 2 aromatic rings. The number of benzene rings is 2. The molecule has 0 radical (unpaired) electrons. The smallest absolute Gasteiger partial charge is 0.251 e. The first kappa shape index (κ1) is 17.9. The SMILES string of the molecule is Cc1ccc(C(=O)NCC(=O)N2CC=C(c3ccccc3)CC2)cc1C. The van der Waals surface area contributed by atoms with Crippen LogP contribution in [0.25, 0.3) is 5.57 Å². The molecule has 0 aliphatic carbocycles. The van der Waals surface area contributed by atoms with Crippen molar-refractivity contribution >= 4 is 17.4 Å². The molecule has 0 saturated heterocycles. The molecular formula is C22H24N2O2. The molecule has 0 spiro atoms. The number of hydrogen-bond acceptors (Lipinski definition) is 2. The van der Waals surface area contributed by atoms with Crippen LogP contribution in [0.5, 0.6) is 0 Å². The number of nitrogens with zero attached hydrogens (tertiary/aromatic N) is 1. The maximum absolute atomic E-state index is 12.4. The third kappa shape index (κ3) is 4.20. The second-order valence-corrected chi connectivity index (χ2v) is 6.67. The van der Waals surface area contributed by atoms with Crippen LogP contribution in [0.3, 0.4) is 0 Å². The summed E-state index contributed by atoms with van der Waals surface area (Å²) in [6, 6.07) is 15.8. The van der Waals surface area contributed by atoms with Crippen molar-refractivity contribution in [1.29, 1.82) is 0 Å². The lowest BCUT2D eigenvalue weighted by Crippen LogP contribution is -2.42. The van der Waals surface area contributed by atoms with Crippen LogP contribution < -0.4 is 5.32 Å². The lowest BCUT2D eigenvalue weighted by atomic mass is 9.99. The highest BCUT2D eigenvalue weighted by Gasteiger charge is 2.18. The van der Waals surface area contributed by atoms with Crippen LogP contribution in [0.2, 0.25) is 0 Å². The molecule has 1 aliphatic rings. The number of carbonyl (C=O) groups is 2. The third-order valence-electron chi connectivity index (χ3n) is 4.88. The second kappa shape index (κ2) is 8.00. The van der Waals surface area contributed by atoms with E-state index in [1.807, 2.05) is 44.2 Å². The number of carbonyl (C=O) groups excluding carboxylic acids is 2. The van der Waals surface area contributed by atoms with Crippen molar-refractivity contribution < 1.29 is 9.59 Å². The molecule has 0 aromatic heterocycles. The summed E-state index contributed by atoms with van der Waals surface area (Å²) in [6.45, 7) is 5.28. The van der Waals surface area contributed by atoms with Gasteiger partial charge in [0.25, 0.3) is 5.91 Å². The van der Waals surface area contributed by atoms with Crippen molar-refractivity contribution in [2.24, 2.45) is 0 Å². The van der Waals surface area contributed by atoms with Crippen molar-refractivity contribution in [3.63, 3.8) is 0 Å². The fourth-order valence-corrected chi connectivity index (χ4v) is 3.06. The molecule has 0 atom stereocenters. The summed E-state index contributed by atoms with van der Waals surface area (Å²) in [4.78, 5) is 26.4. The standard InChI is InChI=1S/C22H24N2O2/c1-16-8-9-20(14-17(16)2)22(26)23-15-21(25)24-12-10-19(11-13-24)18-6-4-3-5-7-18/h3-10,14H,11-13,15H2,1-2H3,(H,23,26). The summed E-state index contributed by atoms with van der Waals surface area (Å²) in [5.74, 6) is -0.260. The molecule has 2 aromatic carbocycles. The monoisotopic (exact) mass is 348 g/mol. The second-order valence-electron chi connectivity index (χ2n) is 6.67. The van der Waals surface area contributed by atoms with Gasteiger partial charge in [0.2, 0.25) is 5.91 Å². The first-order chi connectivity index (χ1) is 12.5. The van der Waals surface area contributed by atoms with E-state index in [0.29, 0.717) is 18.7 Å². The van der Waals surface area contributed by atoms with Gasteiger partial charge in [-0.25, -0.2) is 0 Å². The highest BCUT2D eigenvalue weighted by Crippen LogP contribution is 2.21. The lowest BCUT2D eigenvalue weighted by molar-refractivity contribution is -0.129. The fourth-order valence-electron chi connectivity index (χ4n) is 3.06. The molecule has 0 saturated carbocycles. The number of nitrogens with one attached hydrogen (secondary N) is 1. The average molecular weight is 348 g/mol. The molecule has 3 rings (SSSR count). The van der Waals surface area contributed by atoms with Crippen LogP contribution in [0.4, 0.5) is 0 Å². The summed E-state index contributed by atoms with van der Waals surface area (Å²) < 4.78 is 0. The van der Waals surface area contributed by atoms with Gasteiger partial charge < -0.3 is 10.2 Å². The zero-order valence-corrected chi connectivity index (χ0v) is 15.3. The molecule has 4 nitrogen and oxygen atoms in total. The summed E-state index contributed by atoms with van der Waals surface area (Å²) in [6.07, 6.45) is 2.93. The highest BCUT2D eigenvalue weighted by molar-refractivity contribution is 5.96. The number of rotatable bonds is 4. The van der Waals surface area contributed by atoms with Gasteiger partial charge in [0.1, 0.15) is 0 Å². The van der Waals surface area contributed by atoms with Gasteiger partial charge in [0, 0.05) is 18.7 Å². The minimum absolute atomic E-state index is 0.0280. The summed E-state index contributed by atoms with van der Waals surface area (Å²) in [5.41, 5.74) is 5.28. The normalized spacial score (nSPS) is 13.9. The van der Waals surface area contributed by atoms with Gasteiger partial charge in [-0.2, -0.15) is 0 Å². The number of amides is 2. The van der Waals surface area contributed by atoms with Crippen LogP contribution in [-0.4, -0.2) is 36.3 Å². The van der Waals surface area contributed by atoms with Crippen LogP contribution in [0, 0.1) is 13.8 Å². The Morgan fingerprint density at radius 1 is 1.04 bits per heavy atom. The molecule has 1 aliphatic heterocycles. The van der Waals surface area contributed by atoms with Crippen LogP contribution in [-0.2, 0) is 4.79 Å². The van der Waals surface area contributed by atoms with Crippen molar-refractivity contribution in [2.75, 3.05) is 19.6 Å². The van der Waals surface area contributed by atoms with Crippen molar-refractivity contribution in [3.8, 4) is 0 Å². The Labute approximate surface area is 154 Å². The molecule has 1 heterocycles. The van der Waals surface area contributed by atoms with Crippen LogP contribution in [0.15, 0.2) is 54.6 Å². The van der Waals surface area contributed by atoms with Crippen molar-refractivity contribution in [2.45, 2.75) is 20.3 Å². The zero-order valence-electron chi connectivity index (χ0n) is 15.3. The predicted octanol–water partition coefficient (Wildman–Crippen LogP) is 3.35. The molecule has 4 heteroatoms. The van der Waals surface area contributed by atoms with Gasteiger partial charge in [0.15, 0.2) is 0 Å². The third-order valence-corrected chi connectivity index (χ3v) is 4.88. The van der Waals surface area contributed by atoms with Crippen molar-refractivity contribution in [3.05, 3.63) is 76.9 Å². The number of aryl methyl sites for hydroxylation is 2. The Morgan fingerprint density at radius 2 is 1.81 bits per heavy atom. The van der Waals surface area contributed by atoms with Gasteiger partial charge >= 0.3 is 0 Å². The van der Waals surface area contributed by atoms with E-state index in [9.17, 15) is 9.59 Å². The Kier molecular flexibility index (Phi) is 5.52. The highest BCUT2D eigenvalue weighted by atomic mass is 16.2. The van der Waals surface area contributed by atoms with E-state index < -0.39 is 0 Å². The largest absolute Gasteiger partial charge is 0.343 e. The van der Waals surface area contributed by atoms with Gasteiger partial charge in [-0.1, -0.05) is 42.5 Å². The molecular weight excluding hydrogens is 324 g/mol. The van der Waals surface area contributed by atoms with E-state index in [-0.39, 0.29) is 18.4 Å². The molecule has 0 fully saturated rings. The van der Waals surface area contributed by atoms with Gasteiger partial charge in [0.05, 0.1) is 6.54 Å². The van der Waals surface area contributed by atoms with Gasteiger partial charge in [-0.15, -0.1) is 0 Å². The molecule has 0 bridgehead atoms. The number of hydrogen-bond donors (Lipinski definition) is 1. The Balaban J connectivity index is 1.53. The Bertz CT molecular complexity index is 840. The maximum atomic E-state index is 12.4. The van der Waals surface area contributed by atoms with Gasteiger partial charge in [-0.3, -0.25) is 9.59 Å². The first-order valence-corrected chi connectivity index (χ1v) is 8.92. The summed E-state index contributed by atoms with van der Waals surface area (Å²) in [5, 5.41) is 2.73. The summed E-state index contributed by atoms with van der Waals surface area (Å²) in [7, 11) is 0. The van der Waals surface area contributed by atoms with Crippen molar-refractivity contribution in [1.82, 2.24) is 10.2 Å². The van der Waals surface area contributed by atoms with E-state index in [2.05, 4.69) is 23.5 Å². The zero-order chi connectivity index (χ0) is 18.5. The average Bonchev–Trinajstić information content (AvgIpc) is 2.68. The van der Waals surface area contributed by atoms with Gasteiger partial charge in [-0.05, 0) is 54.7 Å². The Morgan fingerprint density at radius 3 is 2.46 bits per heavy atom. The van der Waals surface area contributed by atoms with E-state index in [1.54, 1.807) is 11.0 Å². The topological polar surface area (TPSA) is 49.4 Å². The van der Waals surface area contributed by atoms with E-state index in [0.717, 1.165) is 17.5 Å². The molecule has 0 unspecified atom stereocenters. The Hall–Kier alpha value is -2.88. The van der Waals surface area contributed by atoms with E-state index in [1.165, 1.54) is 11.1 Å². The molecule has 134 valence electrons. The quantitative estimate of drug-likeness (QED) is 0.921. The molecule has 1 N–H and O–H groups in total. The van der Waals surface area contributed by atoms with Crippen LogP contribution >= 0.6 is 0 Å². The molecule has 2 amide bonds. The first-order valence-electron chi connectivity index (χ1n) is 8.92. The van der Waals surface area contributed by atoms with E-state index >= 15 is 0 Å². The summed E-state index contributed by atoms with van der Waals surface area (Å²) >= 11 is 0.